The van der Waals surface area contributed by atoms with E-state index in [1.165, 1.54) is 0 Å². The minimum Gasteiger partial charge on any atom is -0.496 e. The maximum atomic E-state index is 11.4. The Balaban J connectivity index is 2.87. The molecule has 0 saturated carbocycles. The fraction of sp³-hybridized carbons (Fsp3) is 0.182. The number of ether oxygens (including phenoxy) is 1. The summed E-state index contributed by atoms with van der Waals surface area (Å²) in [5, 5.41) is 1.60. The molecule has 1 heterocycles. The second-order valence-corrected chi connectivity index (χ2v) is 3.22. The molecule has 1 aromatic heterocycles. The number of hydrogen-bond donors (Lipinski definition) is 1. The van der Waals surface area contributed by atoms with Gasteiger partial charge in [0.15, 0.2) is 0 Å². The third-order valence-corrected chi connectivity index (χ3v) is 2.29. The molecule has 0 amide bonds. The normalized spacial score (nSPS) is 10.4. The van der Waals surface area contributed by atoms with Gasteiger partial charge in [-0.2, -0.15) is 0 Å². The topological polar surface area (TPSA) is 42.1 Å². The van der Waals surface area contributed by atoms with Crippen molar-refractivity contribution in [1.82, 2.24) is 4.98 Å². The van der Waals surface area contributed by atoms with Gasteiger partial charge in [0.1, 0.15) is 5.75 Å². The minimum absolute atomic E-state index is 0.0826. The van der Waals surface area contributed by atoms with Gasteiger partial charge in [-0.1, -0.05) is 0 Å². The lowest BCUT2D eigenvalue weighted by Gasteiger charge is -2.05. The number of rotatable bonds is 1. The molecule has 2 aromatic rings. The molecule has 3 heteroatoms. The van der Waals surface area contributed by atoms with Crippen molar-refractivity contribution in [1.29, 1.82) is 0 Å². The standard InChI is InChI=1S/C11H11NO2/c1-7-5-8-3-4-12-11(13)9(8)6-10(7)14-2/h3-6H,1-2H3,(H,12,13). The average Bonchev–Trinajstić information content (AvgIpc) is 2.17. The molecule has 0 fully saturated rings. The van der Waals surface area contributed by atoms with Gasteiger partial charge in [0.25, 0.3) is 5.56 Å². The molecule has 0 radical (unpaired) electrons. The zero-order valence-corrected chi connectivity index (χ0v) is 8.13. The zero-order chi connectivity index (χ0) is 10.1. The van der Waals surface area contributed by atoms with Crippen molar-refractivity contribution in [3.8, 4) is 5.75 Å². The number of fused-ring (bicyclic) bond motifs is 1. The van der Waals surface area contributed by atoms with E-state index in [2.05, 4.69) is 4.98 Å². The number of aromatic amines is 1. The summed E-state index contributed by atoms with van der Waals surface area (Å²) in [7, 11) is 1.60. The Labute approximate surface area is 81.3 Å². The van der Waals surface area contributed by atoms with Crippen molar-refractivity contribution in [2.24, 2.45) is 0 Å². The van der Waals surface area contributed by atoms with Crippen LogP contribution < -0.4 is 10.3 Å². The van der Waals surface area contributed by atoms with Crippen molar-refractivity contribution < 1.29 is 4.74 Å². The molecule has 0 unspecified atom stereocenters. The van der Waals surface area contributed by atoms with Crippen molar-refractivity contribution in [2.75, 3.05) is 7.11 Å². The lowest BCUT2D eigenvalue weighted by Crippen LogP contribution is -2.04. The number of benzene rings is 1. The molecule has 72 valence electrons. The molecule has 0 aliphatic carbocycles. The summed E-state index contributed by atoms with van der Waals surface area (Å²) < 4.78 is 5.16. The minimum atomic E-state index is -0.0826. The Bertz CT molecular complexity index is 528. The summed E-state index contributed by atoms with van der Waals surface area (Å²) in [5.41, 5.74) is 0.950. The molecule has 0 aliphatic heterocycles. The molecule has 0 saturated heterocycles. The van der Waals surface area contributed by atoms with Gasteiger partial charge in [-0.3, -0.25) is 4.79 Å². The van der Waals surface area contributed by atoms with Crippen molar-refractivity contribution in [3.05, 3.63) is 40.3 Å². The van der Waals surface area contributed by atoms with Crippen LogP contribution in [0.1, 0.15) is 5.56 Å². The van der Waals surface area contributed by atoms with Crippen molar-refractivity contribution in [2.45, 2.75) is 6.92 Å². The van der Waals surface area contributed by atoms with E-state index < -0.39 is 0 Å². The van der Waals surface area contributed by atoms with Crippen LogP contribution in [0.3, 0.4) is 0 Å². The van der Waals surface area contributed by atoms with Crippen LogP contribution in [0.2, 0.25) is 0 Å². The van der Waals surface area contributed by atoms with E-state index in [-0.39, 0.29) is 5.56 Å². The second kappa shape index (κ2) is 3.18. The Morgan fingerprint density at radius 3 is 2.86 bits per heavy atom. The first kappa shape index (κ1) is 8.81. The quantitative estimate of drug-likeness (QED) is 0.743. The van der Waals surface area contributed by atoms with Crippen LogP contribution in [0.4, 0.5) is 0 Å². The zero-order valence-electron chi connectivity index (χ0n) is 8.13. The predicted molar refractivity (Wildman–Crippen MR) is 55.9 cm³/mol. The number of methoxy groups -OCH3 is 1. The third-order valence-electron chi connectivity index (χ3n) is 2.29. The van der Waals surface area contributed by atoms with Gasteiger partial charge in [-0.25, -0.2) is 0 Å². The highest BCUT2D eigenvalue weighted by molar-refractivity contribution is 5.83. The molecule has 2 rings (SSSR count). The molecule has 0 aliphatic rings. The van der Waals surface area contributed by atoms with Gasteiger partial charge in [-0.15, -0.1) is 0 Å². The maximum Gasteiger partial charge on any atom is 0.255 e. The van der Waals surface area contributed by atoms with Crippen LogP contribution in [0.15, 0.2) is 29.2 Å². The predicted octanol–water partition coefficient (Wildman–Crippen LogP) is 1.85. The van der Waals surface area contributed by atoms with E-state index in [0.29, 0.717) is 5.39 Å². The van der Waals surface area contributed by atoms with E-state index in [1.807, 2.05) is 19.1 Å². The number of hydrogen-bond acceptors (Lipinski definition) is 2. The molecule has 14 heavy (non-hydrogen) atoms. The Kier molecular flexibility index (Phi) is 2.00. The molecule has 3 nitrogen and oxygen atoms in total. The number of H-pyrrole nitrogens is 1. The van der Waals surface area contributed by atoms with Gasteiger partial charge in [0.2, 0.25) is 0 Å². The highest BCUT2D eigenvalue weighted by Crippen LogP contribution is 2.22. The number of pyridine rings is 1. The van der Waals surface area contributed by atoms with Crippen LogP contribution in [0.25, 0.3) is 10.8 Å². The first-order chi connectivity index (χ1) is 6.72. The van der Waals surface area contributed by atoms with Crippen LogP contribution in [0, 0.1) is 6.92 Å². The Morgan fingerprint density at radius 2 is 2.14 bits per heavy atom. The van der Waals surface area contributed by atoms with Gasteiger partial charge in [-0.05, 0) is 36.1 Å². The van der Waals surface area contributed by atoms with Crippen LogP contribution in [-0.2, 0) is 0 Å². The van der Waals surface area contributed by atoms with Crippen molar-refractivity contribution in [3.63, 3.8) is 0 Å². The summed E-state index contributed by atoms with van der Waals surface area (Å²) in [6, 6.07) is 5.59. The molecule has 1 aromatic carbocycles. The van der Waals surface area contributed by atoms with Crippen LogP contribution in [0.5, 0.6) is 5.75 Å². The molecule has 1 N–H and O–H groups in total. The average molecular weight is 189 g/mol. The first-order valence-electron chi connectivity index (χ1n) is 4.38. The number of aromatic nitrogens is 1. The summed E-state index contributed by atoms with van der Waals surface area (Å²) >= 11 is 0. The van der Waals surface area contributed by atoms with Gasteiger partial charge < -0.3 is 9.72 Å². The highest BCUT2D eigenvalue weighted by Gasteiger charge is 2.03. The third kappa shape index (κ3) is 1.27. The summed E-state index contributed by atoms with van der Waals surface area (Å²) in [6.45, 7) is 1.96. The smallest absolute Gasteiger partial charge is 0.255 e. The van der Waals surface area contributed by atoms with Gasteiger partial charge in [0, 0.05) is 6.20 Å². The fourth-order valence-corrected chi connectivity index (χ4v) is 1.55. The van der Waals surface area contributed by atoms with Crippen molar-refractivity contribution >= 4 is 10.8 Å². The van der Waals surface area contributed by atoms with E-state index in [4.69, 9.17) is 4.74 Å². The monoisotopic (exact) mass is 189 g/mol. The van der Waals surface area contributed by atoms with Crippen LogP contribution in [-0.4, -0.2) is 12.1 Å². The summed E-state index contributed by atoms with van der Waals surface area (Å²) in [6.07, 6.45) is 1.65. The van der Waals surface area contributed by atoms with E-state index in [0.717, 1.165) is 16.7 Å². The van der Waals surface area contributed by atoms with E-state index in [9.17, 15) is 4.79 Å². The highest BCUT2D eigenvalue weighted by atomic mass is 16.5. The largest absolute Gasteiger partial charge is 0.496 e. The molecule has 0 spiro atoms. The SMILES string of the molecule is COc1cc2c(=O)[nH]ccc2cc1C. The molecule has 0 bridgehead atoms. The number of nitrogens with one attached hydrogen (secondary N) is 1. The summed E-state index contributed by atoms with van der Waals surface area (Å²) in [5.74, 6) is 0.745. The Hall–Kier alpha value is -1.77. The van der Waals surface area contributed by atoms with Gasteiger partial charge >= 0.3 is 0 Å². The summed E-state index contributed by atoms with van der Waals surface area (Å²) in [4.78, 5) is 14.1. The molecular formula is C11H11NO2. The van der Waals surface area contributed by atoms with E-state index >= 15 is 0 Å². The molecular weight excluding hydrogens is 178 g/mol. The number of aryl methyl sites for hydroxylation is 1. The van der Waals surface area contributed by atoms with E-state index in [1.54, 1.807) is 19.4 Å². The second-order valence-electron chi connectivity index (χ2n) is 3.22. The van der Waals surface area contributed by atoms with Crippen LogP contribution >= 0.6 is 0 Å². The maximum absolute atomic E-state index is 11.4. The lowest BCUT2D eigenvalue weighted by molar-refractivity contribution is 0.412. The fourth-order valence-electron chi connectivity index (χ4n) is 1.55. The first-order valence-corrected chi connectivity index (χ1v) is 4.38. The lowest BCUT2D eigenvalue weighted by atomic mass is 10.1. The Morgan fingerprint density at radius 1 is 1.36 bits per heavy atom. The van der Waals surface area contributed by atoms with Gasteiger partial charge in [0.05, 0.1) is 12.5 Å². The molecule has 0 atom stereocenters.